The molecule has 6 heteroatoms. The van der Waals surface area contributed by atoms with E-state index in [0.717, 1.165) is 33.5 Å². The number of nitrogens with zero attached hydrogens (tertiary/aromatic N) is 2. The van der Waals surface area contributed by atoms with E-state index in [1.54, 1.807) is 6.21 Å². The molecule has 0 spiro atoms. The van der Waals surface area contributed by atoms with E-state index in [-0.39, 0.29) is 0 Å². The van der Waals surface area contributed by atoms with Crippen LogP contribution in [0.3, 0.4) is 0 Å². The first-order chi connectivity index (χ1) is 12.8. The maximum atomic E-state index is 5.68. The fourth-order valence-corrected chi connectivity index (χ4v) is 3.05. The number of ether oxygens (including phenoxy) is 2. The summed E-state index contributed by atoms with van der Waals surface area (Å²) in [5.74, 6) is 1.53. The van der Waals surface area contributed by atoms with Crippen molar-refractivity contribution in [1.82, 2.24) is 4.98 Å². The lowest BCUT2D eigenvalue weighted by Gasteiger charge is -2.09. The number of anilines is 1. The van der Waals surface area contributed by atoms with Gasteiger partial charge in [-0.05, 0) is 26.0 Å². The predicted octanol–water partition coefficient (Wildman–Crippen LogP) is 5.05. The molecule has 0 fully saturated rings. The van der Waals surface area contributed by atoms with Crippen LogP contribution >= 0.6 is 11.3 Å². The smallest absolute Gasteiger partial charge is 0.203 e. The molecule has 0 bridgehead atoms. The van der Waals surface area contributed by atoms with Gasteiger partial charge in [0.25, 0.3) is 0 Å². The average molecular weight is 367 g/mol. The summed E-state index contributed by atoms with van der Waals surface area (Å²) in [7, 11) is 0. The van der Waals surface area contributed by atoms with Gasteiger partial charge in [0.15, 0.2) is 0 Å². The molecule has 0 radical (unpaired) electrons. The molecule has 1 aromatic heterocycles. The van der Waals surface area contributed by atoms with E-state index in [0.29, 0.717) is 13.2 Å². The van der Waals surface area contributed by atoms with E-state index in [1.165, 1.54) is 11.3 Å². The zero-order chi connectivity index (χ0) is 18.2. The molecule has 0 atom stereocenters. The van der Waals surface area contributed by atoms with E-state index in [4.69, 9.17) is 9.47 Å². The van der Waals surface area contributed by atoms with Crippen LogP contribution in [0, 0.1) is 0 Å². The summed E-state index contributed by atoms with van der Waals surface area (Å²) in [5.41, 5.74) is 5.88. The Balaban J connectivity index is 1.69. The lowest BCUT2D eigenvalue weighted by atomic mass is 10.2. The van der Waals surface area contributed by atoms with Crippen LogP contribution in [0.5, 0.6) is 11.5 Å². The highest BCUT2D eigenvalue weighted by atomic mass is 32.1. The van der Waals surface area contributed by atoms with Crippen molar-refractivity contribution < 1.29 is 9.47 Å². The second kappa shape index (κ2) is 9.01. The second-order valence-electron chi connectivity index (χ2n) is 5.34. The fourth-order valence-electron chi connectivity index (χ4n) is 2.38. The Kier molecular flexibility index (Phi) is 6.22. The molecule has 1 heterocycles. The first kappa shape index (κ1) is 17.9. The van der Waals surface area contributed by atoms with Gasteiger partial charge in [0.05, 0.1) is 25.1 Å². The number of benzene rings is 2. The molecular formula is C20H21N3O2S. The Morgan fingerprint density at radius 3 is 2.65 bits per heavy atom. The minimum atomic E-state index is 0.580. The van der Waals surface area contributed by atoms with Gasteiger partial charge in [-0.1, -0.05) is 30.3 Å². The van der Waals surface area contributed by atoms with Crippen LogP contribution in [0.4, 0.5) is 5.13 Å². The highest BCUT2D eigenvalue weighted by Gasteiger charge is 2.05. The van der Waals surface area contributed by atoms with Crippen LogP contribution < -0.4 is 14.9 Å². The van der Waals surface area contributed by atoms with Crippen LogP contribution in [-0.2, 0) is 0 Å². The van der Waals surface area contributed by atoms with Crippen LogP contribution in [0.1, 0.15) is 19.4 Å². The molecule has 0 aliphatic carbocycles. The molecule has 134 valence electrons. The fraction of sp³-hybridized carbons (Fsp3) is 0.200. The zero-order valence-corrected chi connectivity index (χ0v) is 15.6. The molecule has 3 rings (SSSR count). The van der Waals surface area contributed by atoms with E-state index >= 15 is 0 Å². The van der Waals surface area contributed by atoms with Crippen molar-refractivity contribution in [2.24, 2.45) is 5.10 Å². The number of nitrogens with one attached hydrogen (secondary N) is 1. The molecule has 0 aliphatic rings. The summed E-state index contributed by atoms with van der Waals surface area (Å²) in [4.78, 5) is 4.55. The van der Waals surface area contributed by atoms with Crippen molar-refractivity contribution >= 4 is 22.7 Å². The second-order valence-corrected chi connectivity index (χ2v) is 6.20. The summed E-state index contributed by atoms with van der Waals surface area (Å²) in [6.07, 6.45) is 1.73. The predicted molar refractivity (Wildman–Crippen MR) is 108 cm³/mol. The van der Waals surface area contributed by atoms with Crippen molar-refractivity contribution in [2.45, 2.75) is 13.8 Å². The van der Waals surface area contributed by atoms with Crippen LogP contribution in [-0.4, -0.2) is 24.4 Å². The third kappa shape index (κ3) is 4.61. The number of aromatic nitrogens is 1. The van der Waals surface area contributed by atoms with Gasteiger partial charge in [-0.2, -0.15) is 5.10 Å². The number of hydrazone groups is 1. The lowest BCUT2D eigenvalue weighted by Crippen LogP contribution is -1.99. The van der Waals surface area contributed by atoms with Gasteiger partial charge in [0.1, 0.15) is 11.5 Å². The standard InChI is InChI=1S/C20H21N3O2S/c1-3-24-17-11-10-16(19(12-17)25-4-2)13-21-23-20-22-18(14-26-20)15-8-6-5-7-9-15/h5-14H,3-4H2,1-2H3,(H,22,23)/b21-13-. The zero-order valence-electron chi connectivity index (χ0n) is 14.8. The third-order valence-corrected chi connectivity index (χ3v) is 4.28. The average Bonchev–Trinajstić information content (AvgIpc) is 3.14. The number of rotatable bonds is 8. The molecule has 2 aromatic carbocycles. The first-order valence-electron chi connectivity index (χ1n) is 8.49. The normalized spacial score (nSPS) is 10.8. The van der Waals surface area contributed by atoms with Gasteiger partial charge >= 0.3 is 0 Å². The van der Waals surface area contributed by atoms with Crippen molar-refractivity contribution in [2.75, 3.05) is 18.6 Å². The molecule has 0 saturated carbocycles. The van der Waals surface area contributed by atoms with Crippen molar-refractivity contribution in [3.8, 4) is 22.8 Å². The molecule has 5 nitrogen and oxygen atoms in total. The van der Waals surface area contributed by atoms with Gasteiger partial charge in [0, 0.05) is 22.6 Å². The molecule has 0 amide bonds. The van der Waals surface area contributed by atoms with Crippen molar-refractivity contribution in [3.63, 3.8) is 0 Å². The van der Waals surface area contributed by atoms with Crippen molar-refractivity contribution in [3.05, 3.63) is 59.5 Å². The molecule has 0 aliphatic heterocycles. The van der Waals surface area contributed by atoms with Gasteiger partial charge in [-0.3, -0.25) is 5.43 Å². The Morgan fingerprint density at radius 2 is 1.88 bits per heavy atom. The minimum absolute atomic E-state index is 0.580. The highest BCUT2D eigenvalue weighted by Crippen LogP contribution is 2.26. The SMILES string of the molecule is CCOc1ccc(/C=N\Nc2nc(-c3ccccc3)cs2)c(OCC)c1. The van der Waals surface area contributed by atoms with E-state index in [9.17, 15) is 0 Å². The first-order valence-corrected chi connectivity index (χ1v) is 9.37. The number of hydrogen-bond donors (Lipinski definition) is 1. The van der Waals surface area contributed by atoms with Crippen LogP contribution in [0.2, 0.25) is 0 Å². The van der Waals surface area contributed by atoms with Gasteiger partial charge < -0.3 is 9.47 Å². The summed E-state index contributed by atoms with van der Waals surface area (Å²) in [6, 6.07) is 15.8. The molecule has 1 N–H and O–H groups in total. The van der Waals surface area contributed by atoms with E-state index in [2.05, 4.69) is 15.5 Å². The Bertz CT molecular complexity index is 863. The maximum absolute atomic E-state index is 5.68. The maximum Gasteiger partial charge on any atom is 0.203 e. The van der Waals surface area contributed by atoms with Crippen LogP contribution in [0.15, 0.2) is 59.0 Å². The summed E-state index contributed by atoms with van der Waals surface area (Å²) >= 11 is 1.52. The molecule has 3 aromatic rings. The van der Waals surface area contributed by atoms with Crippen LogP contribution in [0.25, 0.3) is 11.3 Å². The summed E-state index contributed by atoms with van der Waals surface area (Å²) < 4.78 is 11.2. The molecule has 26 heavy (non-hydrogen) atoms. The van der Waals surface area contributed by atoms with E-state index < -0.39 is 0 Å². The minimum Gasteiger partial charge on any atom is -0.494 e. The summed E-state index contributed by atoms with van der Waals surface area (Å²) in [5, 5.41) is 7.04. The Labute approximate surface area is 157 Å². The van der Waals surface area contributed by atoms with Gasteiger partial charge in [-0.15, -0.1) is 11.3 Å². The monoisotopic (exact) mass is 367 g/mol. The van der Waals surface area contributed by atoms with Crippen molar-refractivity contribution in [1.29, 1.82) is 0 Å². The van der Waals surface area contributed by atoms with Gasteiger partial charge in [0.2, 0.25) is 5.13 Å². The molecule has 0 saturated heterocycles. The van der Waals surface area contributed by atoms with Gasteiger partial charge in [-0.25, -0.2) is 4.98 Å². The molecular weight excluding hydrogens is 346 g/mol. The Hall–Kier alpha value is -2.86. The largest absolute Gasteiger partial charge is 0.494 e. The topological polar surface area (TPSA) is 55.7 Å². The van der Waals surface area contributed by atoms with E-state index in [1.807, 2.05) is 67.8 Å². The summed E-state index contributed by atoms with van der Waals surface area (Å²) in [6.45, 7) is 5.11. The third-order valence-electron chi connectivity index (χ3n) is 3.53. The quantitative estimate of drug-likeness (QED) is 0.447. The number of thiazole rings is 1. The number of hydrogen-bond acceptors (Lipinski definition) is 6. The molecule has 0 unspecified atom stereocenters. The highest BCUT2D eigenvalue weighted by molar-refractivity contribution is 7.14. The lowest BCUT2D eigenvalue weighted by molar-refractivity contribution is 0.323. The Morgan fingerprint density at radius 1 is 1.08 bits per heavy atom.